The summed E-state index contributed by atoms with van der Waals surface area (Å²) in [6.45, 7) is 2.18. The monoisotopic (exact) mass is 352 g/mol. The summed E-state index contributed by atoms with van der Waals surface area (Å²) in [7, 11) is -3.45. The predicted octanol–water partition coefficient (Wildman–Crippen LogP) is 2.57. The van der Waals surface area contributed by atoms with Crippen molar-refractivity contribution < 1.29 is 8.42 Å². The van der Waals surface area contributed by atoms with Crippen LogP contribution in [0.25, 0.3) is 16.7 Å². The van der Waals surface area contributed by atoms with Gasteiger partial charge in [-0.25, -0.2) is 13.4 Å². The fourth-order valence-corrected chi connectivity index (χ4v) is 3.80. The second kappa shape index (κ2) is 5.93. The molecule has 4 rings (SSSR count). The lowest BCUT2D eigenvalue weighted by atomic mass is 10.0. The largest absolute Gasteiger partial charge is 0.256 e. The Labute approximate surface area is 146 Å². The van der Waals surface area contributed by atoms with Crippen LogP contribution in [0.3, 0.4) is 0 Å². The molecule has 0 saturated carbocycles. The molecule has 0 radical (unpaired) electrons. The molecular weight excluding hydrogens is 336 g/mol. The van der Waals surface area contributed by atoms with Crippen molar-refractivity contribution in [1.29, 1.82) is 0 Å². The fourth-order valence-electron chi connectivity index (χ4n) is 2.85. The summed E-state index contributed by atoms with van der Waals surface area (Å²) in [5.74, 6) is 0.317. The second-order valence-corrected chi connectivity index (χ2v) is 7.68. The summed E-state index contributed by atoms with van der Waals surface area (Å²) in [5, 5.41) is 6.00. The van der Waals surface area contributed by atoms with Gasteiger partial charge in [-0.1, -0.05) is 36.4 Å². The van der Waals surface area contributed by atoms with Gasteiger partial charge in [0.2, 0.25) is 0 Å². The smallest absolute Gasteiger partial charge is 0.255 e. The molecule has 0 N–H and O–H groups in total. The topological polar surface area (TPSA) is 75.0 Å². The number of benzene rings is 1. The van der Waals surface area contributed by atoms with Gasteiger partial charge in [-0.2, -0.15) is 5.10 Å². The van der Waals surface area contributed by atoms with Gasteiger partial charge in [0.15, 0.2) is 5.84 Å². The van der Waals surface area contributed by atoms with E-state index in [9.17, 15) is 8.42 Å². The van der Waals surface area contributed by atoms with Crippen LogP contribution in [0.5, 0.6) is 0 Å². The number of nitrogens with zero attached hydrogens (tertiary/aromatic N) is 4. The van der Waals surface area contributed by atoms with E-state index in [4.69, 9.17) is 0 Å². The van der Waals surface area contributed by atoms with Crippen LogP contribution in [0.2, 0.25) is 0 Å². The summed E-state index contributed by atoms with van der Waals surface area (Å²) in [6.07, 6.45) is 3.61. The van der Waals surface area contributed by atoms with E-state index in [1.54, 1.807) is 11.2 Å². The van der Waals surface area contributed by atoms with E-state index in [1.165, 1.54) is 0 Å². The Morgan fingerprint density at radius 1 is 1.04 bits per heavy atom. The number of hydrogen-bond donors (Lipinski definition) is 0. The first kappa shape index (κ1) is 15.7. The van der Waals surface area contributed by atoms with Crippen molar-refractivity contribution in [2.45, 2.75) is 6.92 Å². The second-order valence-electron chi connectivity index (χ2n) is 5.92. The molecule has 2 aliphatic heterocycles. The molecule has 0 unspecified atom stereocenters. The van der Waals surface area contributed by atoms with Gasteiger partial charge in [0, 0.05) is 17.3 Å². The first-order chi connectivity index (χ1) is 12.0. The summed E-state index contributed by atoms with van der Waals surface area (Å²) in [4.78, 5) is 4.53. The van der Waals surface area contributed by atoms with E-state index >= 15 is 0 Å². The van der Waals surface area contributed by atoms with E-state index in [-0.39, 0.29) is 5.75 Å². The maximum absolute atomic E-state index is 11.9. The SMILES string of the molecule is CC1=NN2CCS(=O)(=O)N=C2C(c2ccc(-c3ccccc3)cn2)=C1. The van der Waals surface area contributed by atoms with Gasteiger partial charge in [0.25, 0.3) is 10.0 Å². The number of aromatic nitrogens is 1. The Morgan fingerprint density at radius 3 is 2.56 bits per heavy atom. The summed E-state index contributed by atoms with van der Waals surface area (Å²) in [6, 6.07) is 13.8. The number of hydrogen-bond acceptors (Lipinski definition) is 5. The average molecular weight is 352 g/mol. The van der Waals surface area contributed by atoms with Crippen LogP contribution in [-0.2, 0) is 10.0 Å². The van der Waals surface area contributed by atoms with Crippen LogP contribution in [0, 0.1) is 0 Å². The van der Waals surface area contributed by atoms with Gasteiger partial charge in [0.05, 0.1) is 23.7 Å². The average Bonchev–Trinajstić information content (AvgIpc) is 2.62. The Hall–Kier alpha value is -2.80. The van der Waals surface area contributed by atoms with Crippen molar-refractivity contribution in [3.05, 3.63) is 60.4 Å². The van der Waals surface area contributed by atoms with Crippen molar-refractivity contribution in [3.63, 3.8) is 0 Å². The molecule has 0 aliphatic carbocycles. The normalized spacial score (nSPS) is 18.8. The molecule has 0 bridgehead atoms. The minimum absolute atomic E-state index is 0.0269. The van der Waals surface area contributed by atoms with Gasteiger partial charge in [-0.15, -0.1) is 4.40 Å². The number of amidine groups is 1. The van der Waals surface area contributed by atoms with Crippen molar-refractivity contribution in [2.24, 2.45) is 9.50 Å². The van der Waals surface area contributed by atoms with Crippen molar-refractivity contribution >= 4 is 27.1 Å². The van der Waals surface area contributed by atoms with Gasteiger partial charge in [-0.05, 0) is 24.6 Å². The summed E-state index contributed by atoms with van der Waals surface area (Å²) in [5.41, 5.74) is 4.23. The molecule has 6 nitrogen and oxygen atoms in total. The highest BCUT2D eigenvalue weighted by Gasteiger charge is 2.30. The molecule has 0 amide bonds. The van der Waals surface area contributed by atoms with Gasteiger partial charge in [-0.3, -0.25) is 4.98 Å². The quantitative estimate of drug-likeness (QED) is 0.832. The zero-order valence-electron chi connectivity index (χ0n) is 13.6. The highest BCUT2D eigenvalue weighted by molar-refractivity contribution is 7.90. The minimum atomic E-state index is -3.45. The number of hydrazone groups is 1. The predicted molar refractivity (Wildman–Crippen MR) is 98.7 cm³/mol. The van der Waals surface area contributed by atoms with Crippen LogP contribution in [0.4, 0.5) is 0 Å². The molecule has 25 heavy (non-hydrogen) atoms. The molecule has 2 aliphatic rings. The molecule has 0 atom stereocenters. The van der Waals surface area contributed by atoms with Gasteiger partial charge >= 0.3 is 0 Å². The van der Waals surface area contributed by atoms with E-state index < -0.39 is 10.0 Å². The first-order valence-corrected chi connectivity index (χ1v) is 9.52. The van der Waals surface area contributed by atoms with Gasteiger partial charge < -0.3 is 0 Å². The molecular formula is C18H16N4O2S. The third-order valence-corrected chi connectivity index (χ3v) is 5.20. The Kier molecular flexibility index (Phi) is 3.73. The van der Waals surface area contributed by atoms with Crippen molar-refractivity contribution in [1.82, 2.24) is 9.99 Å². The molecule has 3 heterocycles. The van der Waals surface area contributed by atoms with Crippen molar-refractivity contribution in [3.8, 4) is 11.1 Å². The first-order valence-electron chi connectivity index (χ1n) is 7.91. The van der Waals surface area contributed by atoms with E-state index in [2.05, 4.69) is 14.5 Å². The maximum Gasteiger partial charge on any atom is 0.256 e. The van der Waals surface area contributed by atoms with Crippen LogP contribution in [-0.4, -0.2) is 42.3 Å². The number of pyridine rings is 1. The molecule has 1 aromatic carbocycles. The summed E-state index contributed by atoms with van der Waals surface area (Å²) < 4.78 is 27.7. The Balaban J connectivity index is 1.75. The van der Waals surface area contributed by atoms with Gasteiger partial charge in [0.1, 0.15) is 0 Å². The van der Waals surface area contributed by atoms with Crippen LogP contribution in [0.1, 0.15) is 12.6 Å². The molecule has 1 aromatic heterocycles. The third-order valence-electron chi connectivity index (χ3n) is 4.05. The summed E-state index contributed by atoms with van der Waals surface area (Å²) >= 11 is 0. The standard InChI is InChI=1S/C18H16N4O2S/c1-13-11-16(18-21-25(23,24)10-9-22(18)20-13)17-8-7-15(12-19-17)14-5-3-2-4-6-14/h2-8,11-12H,9-10H2,1H3. The lowest BCUT2D eigenvalue weighted by molar-refractivity contribution is 0.461. The van der Waals surface area contributed by atoms with Crippen LogP contribution in [0.15, 0.2) is 64.2 Å². The number of fused-ring (bicyclic) bond motifs is 1. The lowest BCUT2D eigenvalue weighted by Crippen LogP contribution is -2.39. The van der Waals surface area contributed by atoms with Crippen LogP contribution < -0.4 is 0 Å². The third kappa shape index (κ3) is 3.10. The van der Waals surface area contributed by atoms with Crippen LogP contribution >= 0.6 is 0 Å². The Bertz CT molecular complexity index is 1010. The number of allylic oxidation sites excluding steroid dienone is 1. The van der Waals surface area contributed by atoms with E-state index in [0.29, 0.717) is 23.6 Å². The highest BCUT2D eigenvalue weighted by Crippen LogP contribution is 2.26. The zero-order chi connectivity index (χ0) is 17.4. The molecule has 7 heteroatoms. The maximum atomic E-state index is 11.9. The Morgan fingerprint density at radius 2 is 1.84 bits per heavy atom. The molecule has 0 fully saturated rings. The van der Waals surface area contributed by atoms with Crippen molar-refractivity contribution in [2.75, 3.05) is 12.3 Å². The minimum Gasteiger partial charge on any atom is -0.255 e. The molecule has 126 valence electrons. The molecule has 0 saturated heterocycles. The number of rotatable bonds is 2. The fraction of sp³-hybridized carbons (Fsp3) is 0.167. The van der Waals surface area contributed by atoms with E-state index in [1.807, 2.05) is 55.5 Å². The zero-order valence-corrected chi connectivity index (χ0v) is 14.4. The molecule has 2 aromatic rings. The lowest BCUT2D eigenvalue weighted by Gasteiger charge is -2.28. The highest BCUT2D eigenvalue weighted by atomic mass is 32.2. The molecule has 0 spiro atoms. The van der Waals surface area contributed by atoms with E-state index in [0.717, 1.165) is 16.8 Å². The number of sulfonamides is 1.